The van der Waals surface area contributed by atoms with Gasteiger partial charge in [-0.25, -0.2) is 19.2 Å². The molecule has 122 valence electrons. The number of esters is 1. The number of hydrogen-bond acceptors (Lipinski definition) is 6. The van der Waals surface area contributed by atoms with E-state index in [9.17, 15) is 13.6 Å². The molecule has 0 saturated heterocycles. The van der Waals surface area contributed by atoms with Gasteiger partial charge in [-0.3, -0.25) is 0 Å². The number of hydrogen-bond donors (Lipinski definition) is 0. The molecule has 9 heteroatoms. The second-order valence-corrected chi connectivity index (χ2v) is 5.24. The summed E-state index contributed by atoms with van der Waals surface area (Å²) in [5, 5.41) is 0. The maximum atomic E-state index is 14.1. The molecule has 0 radical (unpaired) electrons. The van der Waals surface area contributed by atoms with Crippen molar-refractivity contribution >= 4 is 27.6 Å². The van der Waals surface area contributed by atoms with Crippen molar-refractivity contribution in [2.45, 2.75) is 11.8 Å². The fourth-order valence-electron chi connectivity index (χ4n) is 1.65. The first kappa shape index (κ1) is 17.4. The Labute approximate surface area is 139 Å². The van der Waals surface area contributed by atoms with E-state index in [1.54, 1.807) is 6.92 Å². The lowest BCUT2D eigenvalue weighted by Crippen LogP contribution is -2.15. The summed E-state index contributed by atoms with van der Waals surface area (Å²) in [5.41, 5.74) is -0.128. The lowest BCUT2D eigenvalue weighted by molar-refractivity contribution is -0.145. The molecule has 0 amide bonds. The molecule has 0 bridgehead atoms. The van der Waals surface area contributed by atoms with Crippen LogP contribution in [0.2, 0.25) is 0 Å². The molecule has 0 saturated carbocycles. The highest BCUT2D eigenvalue weighted by molar-refractivity contribution is 8.21. The Balaban J connectivity index is 2.20. The van der Waals surface area contributed by atoms with E-state index in [1.807, 2.05) is 0 Å². The topological polar surface area (TPSA) is 61.3 Å². The van der Waals surface area contributed by atoms with Crippen LogP contribution in [0.5, 0.6) is 5.75 Å². The largest absolute Gasteiger partial charge is 0.479 e. The third kappa shape index (κ3) is 4.29. The second kappa shape index (κ2) is 8.07. The molecule has 2 rings (SSSR count). The van der Waals surface area contributed by atoms with E-state index in [4.69, 9.17) is 15.4 Å². The highest BCUT2D eigenvalue weighted by atomic mass is 35.7. The number of nitrogens with zero attached hydrogens (tertiary/aromatic N) is 2. The smallest absolute Gasteiger partial charge is 0.344 e. The van der Waals surface area contributed by atoms with Crippen LogP contribution in [-0.2, 0) is 9.53 Å². The van der Waals surface area contributed by atoms with Crippen molar-refractivity contribution in [3.05, 3.63) is 36.2 Å². The van der Waals surface area contributed by atoms with E-state index in [0.29, 0.717) is 4.90 Å². The maximum Gasteiger partial charge on any atom is 0.344 e. The molecule has 0 aliphatic heterocycles. The average molecular weight is 361 g/mol. The molecule has 0 spiro atoms. The van der Waals surface area contributed by atoms with E-state index in [2.05, 4.69) is 14.7 Å². The van der Waals surface area contributed by atoms with Gasteiger partial charge in [-0.05, 0) is 40.7 Å². The molecule has 1 aromatic heterocycles. The van der Waals surface area contributed by atoms with E-state index in [0.717, 1.165) is 11.0 Å². The molecule has 0 atom stereocenters. The molecule has 1 aromatic carbocycles. The molecule has 0 aliphatic rings. The number of halogens is 3. The van der Waals surface area contributed by atoms with Crippen molar-refractivity contribution in [3.8, 4) is 17.1 Å². The number of rotatable bonds is 6. The highest BCUT2D eigenvalue weighted by Gasteiger charge is 2.18. The summed E-state index contributed by atoms with van der Waals surface area (Å²) < 4.78 is 37.7. The van der Waals surface area contributed by atoms with Crippen LogP contribution in [0.3, 0.4) is 0 Å². The molecule has 0 fully saturated rings. The predicted molar refractivity (Wildman–Crippen MR) is 81.2 cm³/mol. The van der Waals surface area contributed by atoms with Gasteiger partial charge in [0.15, 0.2) is 24.0 Å². The summed E-state index contributed by atoms with van der Waals surface area (Å²) in [4.78, 5) is 19.6. The average Bonchev–Trinajstić information content (AvgIpc) is 2.57. The first-order valence-electron chi connectivity index (χ1n) is 6.44. The van der Waals surface area contributed by atoms with Crippen LogP contribution in [0, 0.1) is 11.6 Å². The molecule has 0 unspecified atom stereocenters. The van der Waals surface area contributed by atoms with Gasteiger partial charge in [0.1, 0.15) is 0 Å². The third-order valence-corrected chi connectivity index (χ3v) is 3.58. The van der Waals surface area contributed by atoms with Crippen molar-refractivity contribution in [2.24, 2.45) is 0 Å². The summed E-state index contributed by atoms with van der Waals surface area (Å²) in [6.45, 7) is 1.29. The van der Waals surface area contributed by atoms with Crippen molar-refractivity contribution in [3.63, 3.8) is 0 Å². The van der Waals surface area contributed by atoms with Gasteiger partial charge in [0.2, 0.25) is 5.82 Å². The van der Waals surface area contributed by atoms with E-state index < -0.39 is 30.0 Å². The molecule has 0 aliphatic carbocycles. The summed E-state index contributed by atoms with van der Waals surface area (Å²) >= 11 is 0. The molecule has 0 N–H and O–H groups in total. The van der Waals surface area contributed by atoms with Gasteiger partial charge >= 0.3 is 5.97 Å². The summed E-state index contributed by atoms with van der Waals surface area (Å²) in [5.74, 6) is -3.46. The van der Waals surface area contributed by atoms with Crippen LogP contribution in [0.25, 0.3) is 11.4 Å². The van der Waals surface area contributed by atoms with E-state index in [-0.39, 0.29) is 18.0 Å². The van der Waals surface area contributed by atoms with E-state index in [1.165, 1.54) is 24.5 Å². The van der Waals surface area contributed by atoms with Crippen molar-refractivity contribution < 1.29 is 23.0 Å². The van der Waals surface area contributed by atoms with Crippen LogP contribution >= 0.6 is 21.7 Å². The Morgan fingerprint density at radius 1 is 1.26 bits per heavy atom. The first-order valence-corrected chi connectivity index (χ1v) is 8.08. The van der Waals surface area contributed by atoms with Crippen LogP contribution in [0.4, 0.5) is 8.78 Å². The first-order chi connectivity index (χ1) is 11.1. The monoisotopic (exact) mass is 360 g/mol. The quantitative estimate of drug-likeness (QED) is 0.733. The van der Waals surface area contributed by atoms with Crippen molar-refractivity contribution in [2.75, 3.05) is 13.2 Å². The predicted octanol–water partition coefficient (Wildman–Crippen LogP) is 3.61. The van der Waals surface area contributed by atoms with Crippen LogP contribution in [-0.4, -0.2) is 29.2 Å². The lowest BCUT2D eigenvalue weighted by atomic mass is 10.2. The minimum Gasteiger partial charge on any atom is -0.479 e. The Morgan fingerprint density at radius 3 is 2.57 bits per heavy atom. The van der Waals surface area contributed by atoms with Gasteiger partial charge in [-0.2, -0.15) is 4.39 Å². The van der Waals surface area contributed by atoms with Crippen LogP contribution in [0.15, 0.2) is 29.4 Å². The Hall–Kier alpha value is -1.93. The SMILES string of the molecule is CCOC(=O)COc1ccc(-c2ncc(SCl)cn2)c(F)c1F. The Kier molecular flexibility index (Phi) is 6.12. The highest BCUT2D eigenvalue weighted by Crippen LogP contribution is 2.29. The summed E-state index contributed by atoms with van der Waals surface area (Å²) in [7, 11) is 6.44. The molecule has 5 nitrogen and oxygen atoms in total. The fraction of sp³-hybridized carbons (Fsp3) is 0.214. The number of carbonyl (C=O) groups excluding carboxylic acids is 1. The van der Waals surface area contributed by atoms with E-state index >= 15 is 0 Å². The van der Waals surface area contributed by atoms with Crippen molar-refractivity contribution in [1.82, 2.24) is 9.97 Å². The minimum absolute atomic E-state index is 0.00723. The molecule has 2 aromatic rings. The zero-order valence-electron chi connectivity index (χ0n) is 11.9. The van der Waals surface area contributed by atoms with Gasteiger partial charge in [-0.15, -0.1) is 0 Å². The van der Waals surface area contributed by atoms with Gasteiger partial charge in [0.05, 0.1) is 17.1 Å². The Bertz CT molecular complexity index is 701. The normalized spacial score (nSPS) is 10.4. The lowest BCUT2D eigenvalue weighted by Gasteiger charge is -2.09. The molecule has 23 heavy (non-hydrogen) atoms. The summed E-state index contributed by atoms with van der Waals surface area (Å²) in [6, 6.07) is 2.46. The van der Waals surface area contributed by atoms with Crippen LogP contribution < -0.4 is 4.74 Å². The maximum absolute atomic E-state index is 14.1. The standard InChI is InChI=1S/C14H11ClF2N2O3S/c1-2-21-11(20)7-22-10-4-3-9(12(16)13(10)17)14-18-5-8(23-15)6-19-14/h3-6H,2,7H2,1H3. The fourth-order valence-corrected chi connectivity index (χ4v) is 2.07. The van der Waals surface area contributed by atoms with Gasteiger partial charge in [0.25, 0.3) is 0 Å². The summed E-state index contributed by atoms with van der Waals surface area (Å²) in [6.07, 6.45) is 2.78. The Morgan fingerprint density at radius 2 is 1.96 bits per heavy atom. The number of benzene rings is 1. The minimum atomic E-state index is -1.23. The van der Waals surface area contributed by atoms with Gasteiger partial charge in [-0.1, -0.05) is 0 Å². The van der Waals surface area contributed by atoms with Gasteiger partial charge in [0, 0.05) is 12.4 Å². The number of carbonyl (C=O) groups is 1. The van der Waals surface area contributed by atoms with Crippen molar-refractivity contribution in [1.29, 1.82) is 0 Å². The third-order valence-electron chi connectivity index (χ3n) is 2.66. The number of aromatic nitrogens is 2. The second-order valence-electron chi connectivity index (χ2n) is 4.15. The zero-order valence-corrected chi connectivity index (χ0v) is 13.5. The molecular formula is C14H11ClF2N2O3S. The zero-order chi connectivity index (χ0) is 16.8. The van der Waals surface area contributed by atoms with Crippen LogP contribution in [0.1, 0.15) is 6.92 Å². The van der Waals surface area contributed by atoms with Gasteiger partial charge < -0.3 is 9.47 Å². The number of ether oxygens (including phenoxy) is 2. The molecule has 1 heterocycles. The molecular weight excluding hydrogens is 350 g/mol.